The number of rotatable bonds is 38. The number of aliphatic carboxylic acids is 4. The van der Waals surface area contributed by atoms with E-state index >= 15 is 0 Å². The predicted molar refractivity (Wildman–Crippen MR) is 292 cm³/mol. The van der Waals surface area contributed by atoms with Gasteiger partial charge in [-0.3, -0.25) is 62.3 Å². The second kappa shape index (κ2) is 34.7. The van der Waals surface area contributed by atoms with Gasteiger partial charge in [0.15, 0.2) is 0 Å². The molecule has 0 saturated heterocycles. The van der Waals surface area contributed by atoms with E-state index in [4.69, 9.17) is 17.2 Å². The van der Waals surface area contributed by atoms with Gasteiger partial charge in [-0.1, -0.05) is 58.7 Å². The Hall–Kier alpha value is -8.39. The monoisotopic (exact) mass is 1180 g/mol. The van der Waals surface area contributed by atoms with Crippen molar-refractivity contribution in [2.45, 2.75) is 146 Å². The van der Waals surface area contributed by atoms with Gasteiger partial charge in [0.2, 0.25) is 59.1 Å². The van der Waals surface area contributed by atoms with Gasteiger partial charge < -0.3 is 90.5 Å². The van der Waals surface area contributed by atoms with Crippen molar-refractivity contribution in [2.75, 3.05) is 18.8 Å². The summed E-state index contributed by atoms with van der Waals surface area (Å²) in [6.45, 7) is 5.65. The number of carboxylic acids is 4. The van der Waals surface area contributed by atoms with E-state index in [1.54, 1.807) is 38.1 Å². The molecule has 1 aromatic heterocycles. The topological polar surface area (TPSA) is 522 Å². The molecule has 31 nitrogen and oxygen atoms in total. The van der Waals surface area contributed by atoms with Crippen LogP contribution >= 0.6 is 12.6 Å². The molecule has 0 aliphatic carbocycles. The Balaban J connectivity index is 2.31. The summed E-state index contributed by atoms with van der Waals surface area (Å²) < 4.78 is 0. The number of nitrogens with one attached hydrogen (secondary N) is 10. The van der Waals surface area contributed by atoms with Crippen molar-refractivity contribution < 1.29 is 87.5 Å². The standard InChI is InChI=1S/C50H75N13O18S/c1-5-24(4)41(62-36(65)21-55-43(73)34(22-82)61-47(77)31(17-37(66)67)57-42(72)27(52)11-8-9-15-51)49(79)56-29(13-14-35(53)64)44(74)63-40(23(2)3)48(78)59-32(18-38(68)69)46(76)58-30(45(75)60-33(50(80)81)19-39(70)71)16-25-20-54-28-12-7-6-10-26(25)28/h6-7,10,12,20,23-24,27,29-34,40-41,54,82H,5,8-9,11,13-19,21-22,51-52H2,1-4H3,(H2,53,64)(H,55,73)(H,56,79)(H,57,72)(H,58,76)(H,59,78)(H,60,75)(H,61,77)(H,62,65)(H,63,74)(H,66,67)(H,68,69)(H,70,71)(H,80,81)/t24-,27-,29-,30-,31-,32-,33-,34-,40-,41-/m0/s1. The fraction of sp³-hybridized carbons (Fsp3) is 0.560. The number of aromatic amines is 1. The molecule has 1 heterocycles. The maximum atomic E-state index is 14.0. The minimum Gasteiger partial charge on any atom is -0.481 e. The Kier molecular flexibility index (Phi) is 29.5. The number of nitrogens with two attached hydrogens (primary N) is 3. The number of hydrogen-bond donors (Lipinski definition) is 18. The molecule has 0 unspecified atom stereocenters. The van der Waals surface area contributed by atoms with Crippen molar-refractivity contribution in [3.05, 3.63) is 36.0 Å². The number of carboxylic acid groups (broad SMARTS) is 4. The van der Waals surface area contributed by atoms with Crippen LogP contribution in [0.5, 0.6) is 0 Å². The zero-order valence-corrected chi connectivity index (χ0v) is 46.5. The van der Waals surface area contributed by atoms with E-state index in [1.165, 1.54) is 20.0 Å². The van der Waals surface area contributed by atoms with Crippen LogP contribution in [-0.2, 0) is 73.5 Å². The average Bonchev–Trinajstić information content (AvgIpc) is 3.81. The quantitative estimate of drug-likeness (QED) is 0.0223. The predicted octanol–water partition coefficient (Wildman–Crippen LogP) is -4.43. The molecule has 2 rings (SSSR count). The third kappa shape index (κ3) is 23.7. The first-order chi connectivity index (χ1) is 38.5. The first-order valence-electron chi connectivity index (χ1n) is 26.0. The maximum absolute atomic E-state index is 14.0. The second-order valence-corrected chi connectivity index (χ2v) is 19.9. The molecule has 0 radical (unpaired) electrons. The molecule has 0 saturated carbocycles. The largest absolute Gasteiger partial charge is 0.481 e. The fourth-order valence-electron chi connectivity index (χ4n) is 7.89. The highest BCUT2D eigenvalue weighted by atomic mass is 32.1. The van der Waals surface area contributed by atoms with Crippen LogP contribution in [0.25, 0.3) is 10.9 Å². The van der Waals surface area contributed by atoms with Crippen LogP contribution in [0.15, 0.2) is 30.5 Å². The summed E-state index contributed by atoms with van der Waals surface area (Å²) in [6.07, 6.45) is -1.40. The lowest BCUT2D eigenvalue weighted by Crippen LogP contribution is -2.61. The lowest BCUT2D eigenvalue weighted by atomic mass is 9.97. The summed E-state index contributed by atoms with van der Waals surface area (Å²) in [7, 11) is 0. The first-order valence-corrected chi connectivity index (χ1v) is 26.6. The van der Waals surface area contributed by atoms with Crippen molar-refractivity contribution in [1.29, 1.82) is 0 Å². The van der Waals surface area contributed by atoms with Crippen LogP contribution in [0.3, 0.4) is 0 Å². The van der Waals surface area contributed by atoms with E-state index in [9.17, 15) is 87.5 Å². The van der Waals surface area contributed by atoms with E-state index in [0.29, 0.717) is 35.9 Å². The number of aromatic nitrogens is 1. The van der Waals surface area contributed by atoms with Gasteiger partial charge in [-0.15, -0.1) is 0 Å². The molecular formula is C50H75N13O18S. The number of benzene rings is 1. The Labute approximate surface area is 475 Å². The SMILES string of the molecule is CC[C@H](C)[C@H](NC(=O)CNC(=O)[C@H](CS)NC(=O)[C@H](CC(=O)O)NC(=O)[C@@H](N)CCCCN)C(=O)N[C@@H](CCC(N)=O)C(=O)N[C@H](C(=O)N[C@@H](CC(=O)O)C(=O)N[C@@H](Cc1c[nH]c2ccccc12)C(=O)N[C@@H](CC(=O)O)C(=O)O)C(C)C. The highest BCUT2D eigenvalue weighted by Gasteiger charge is 2.37. The molecule has 0 aliphatic heterocycles. The molecule has 0 spiro atoms. The number of hydrogen-bond acceptors (Lipinski definition) is 17. The van der Waals surface area contributed by atoms with Gasteiger partial charge >= 0.3 is 23.9 Å². The molecule has 454 valence electrons. The van der Waals surface area contributed by atoms with E-state index < -0.39 is 188 Å². The van der Waals surface area contributed by atoms with Crippen LogP contribution in [0.1, 0.15) is 91.0 Å². The lowest BCUT2D eigenvalue weighted by Gasteiger charge is -2.29. The number of para-hydroxylation sites is 1. The van der Waals surface area contributed by atoms with Crippen molar-refractivity contribution in [1.82, 2.24) is 52.8 Å². The van der Waals surface area contributed by atoms with Crippen molar-refractivity contribution in [3.63, 3.8) is 0 Å². The molecular weight excluding hydrogens is 1100 g/mol. The molecule has 0 aliphatic rings. The van der Waals surface area contributed by atoms with Crippen molar-refractivity contribution in [3.8, 4) is 0 Å². The summed E-state index contributed by atoms with van der Waals surface area (Å²) in [6, 6.07) is -7.85. The van der Waals surface area contributed by atoms with Gasteiger partial charge in [0.25, 0.3) is 0 Å². The molecule has 20 N–H and O–H groups in total. The van der Waals surface area contributed by atoms with Gasteiger partial charge in [0, 0.05) is 35.7 Å². The zero-order valence-electron chi connectivity index (χ0n) is 45.6. The van der Waals surface area contributed by atoms with Crippen molar-refractivity contribution in [2.24, 2.45) is 29.0 Å². The number of amides is 10. The third-order valence-electron chi connectivity index (χ3n) is 12.7. The molecule has 10 amide bonds. The molecule has 1 aromatic carbocycles. The third-order valence-corrected chi connectivity index (χ3v) is 13.0. The second-order valence-electron chi connectivity index (χ2n) is 19.5. The van der Waals surface area contributed by atoms with E-state index in [1.807, 2.05) is 0 Å². The normalized spacial score (nSPS) is 14.7. The number of H-pyrrole nitrogens is 1. The lowest BCUT2D eigenvalue weighted by molar-refractivity contribution is -0.147. The van der Waals surface area contributed by atoms with Gasteiger partial charge in [0.1, 0.15) is 48.3 Å². The minimum absolute atomic E-state index is 0.189. The van der Waals surface area contributed by atoms with Crippen LogP contribution in [0.4, 0.5) is 0 Å². The number of thiol groups is 1. The molecule has 2 aromatic rings. The van der Waals surface area contributed by atoms with Gasteiger partial charge in [-0.25, -0.2) is 4.79 Å². The maximum Gasteiger partial charge on any atom is 0.326 e. The van der Waals surface area contributed by atoms with Crippen molar-refractivity contribution >= 4 is 106 Å². The van der Waals surface area contributed by atoms with E-state index in [0.717, 1.165) is 0 Å². The van der Waals surface area contributed by atoms with Crippen LogP contribution in [-0.4, -0.2) is 182 Å². The number of carbonyl (C=O) groups excluding carboxylic acids is 10. The summed E-state index contributed by atoms with van der Waals surface area (Å²) in [4.78, 5) is 184. The Morgan fingerprint density at radius 2 is 1.09 bits per heavy atom. The number of fused-ring (bicyclic) bond motifs is 1. The minimum atomic E-state index is -1.98. The van der Waals surface area contributed by atoms with E-state index in [-0.39, 0.29) is 25.0 Å². The Bertz CT molecular complexity index is 2640. The molecule has 32 heteroatoms. The summed E-state index contributed by atoms with van der Waals surface area (Å²) >= 11 is 4.07. The average molecular weight is 1180 g/mol. The van der Waals surface area contributed by atoms with Crippen LogP contribution in [0.2, 0.25) is 0 Å². The molecule has 0 fully saturated rings. The van der Waals surface area contributed by atoms with Gasteiger partial charge in [-0.2, -0.15) is 12.6 Å². The number of primary amides is 1. The Morgan fingerprint density at radius 3 is 1.62 bits per heavy atom. The Morgan fingerprint density at radius 1 is 0.585 bits per heavy atom. The molecule has 10 atom stereocenters. The summed E-state index contributed by atoms with van der Waals surface area (Å²) in [5, 5.41) is 59.4. The molecule has 0 bridgehead atoms. The van der Waals surface area contributed by atoms with Crippen LogP contribution < -0.4 is 65.1 Å². The summed E-state index contributed by atoms with van der Waals surface area (Å²) in [5.74, 6) is -18.7. The highest BCUT2D eigenvalue weighted by Crippen LogP contribution is 2.20. The van der Waals surface area contributed by atoms with Gasteiger partial charge in [-0.05, 0) is 49.3 Å². The highest BCUT2D eigenvalue weighted by molar-refractivity contribution is 7.80. The van der Waals surface area contributed by atoms with Gasteiger partial charge in [0.05, 0.1) is 31.8 Å². The number of unbranched alkanes of at least 4 members (excludes halogenated alkanes) is 1. The number of carbonyl (C=O) groups is 14. The summed E-state index contributed by atoms with van der Waals surface area (Å²) in [5.41, 5.74) is 17.7. The first kappa shape index (κ1) is 69.7. The van der Waals surface area contributed by atoms with E-state index in [2.05, 4.69) is 65.5 Å². The zero-order chi connectivity index (χ0) is 62.0. The fourth-order valence-corrected chi connectivity index (χ4v) is 8.14. The van der Waals surface area contributed by atoms with Crippen LogP contribution in [0, 0.1) is 11.8 Å². The smallest absolute Gasteiger partial charge is 0.326 e. The molecule has 82 heavy (non-hydrogen) atoms.